The van der Waals surface area contributed by atoms with E-state index in [4.69, 9.17) is 11.6 Å². The molecule has 2 heterocycles. The second-order valence-electron chi connectivity index (χ2n) is 4.24. The van der Waals surface area contributed by atoms with E-state index in [2.05, 4.69) is 9.97 Å². The van der Waals surface area contributed by atoms with Crippen molar-refractivity contribution in [2.45, 2.75) is 18.9 Å². The molecule has 17 heavy (non-hydrogen) atoms. The molecule has 2 atom stereocenters. The van der Waals surface area contributed by atoms with E-state index in [0.29, 0.717) is 31.1 Å². The zero-order valence-corrected chi connectivity index (χ0v) is 10.1. The molecule has 0 amide bonds. The Morgan fingerprint density at radius 2 is 2.35 bits per heavy atom. The van der Waals surface area contributed by atoms with Gasteiger partial charge in [0.1, 0.15) is 17.3 Å². The van der Waals surface area contributed by atoms with E-state index < -0.39 is 12.8 Å². The third kappa shape index (κ3) is 3.04. The predicted octanol–water partition coefficient (Wildman–Crippen LogP) is 1.68. The Kier molecular flexibility index (Phi) is 4.12. The molecular formula is C11H15ClFN3O. The molecule has 1 aromatic rings. The zero-order valence-electron chi connectivity index (χ0n) is 9.39. The largest absolute Gasteiger partial charge is 0.393 e. The maximum Gasteiger partial charge on any atom is 0.134 e. The molecule has 1 fully saturated rings. The molecule has 0 aliphatic carbocycles. The predicted molar refractivity (Wildman–Crippen MR) is 64.0 cm³/mol. The van der Waals surface area contributed by atoms with Crippen molar-refractivity contribution in [3.8, 4) is 0 Å². The third-order valence-corrected chi connectivity index (χ3v) is 3.32. The Bertz CT molecular complexity index is 379. The summed E-state index contributed by atoms with van der Waals surface area (Å²) in [5, 5.41) is 10.2. The van der Waals surface area contributed by atoms with Crippen LogP contribution in [0.25, 0.3) is 0 Å². The number of aliphatic hydroxyl groups excluding tert-OH is 1. The van der Waals surface area contributed by atoms with E-state index >= 15 is 0 Å². The van der Waals surface area contributed by atoms with Crippen molar-refractivity contribution in [2.24, 2.45) is 5.92 Å². The minimum atomic E-state index is -0.417. The summed E-state index contributed by atoms with van der Waals surface area (Å²) in [5.74, 6) is 0.697. The first-order valence-electron chi connectivity index (χ1n) is 5.67. The molecule has 0 saturated carbocycles. The Morgan fingerprint density at radius 1 is 1.53 bits per heavy atom. The standard InChI is InChI=1S/C11H15ClFN3O/c12-10-5-11(15-7-14-10)16-4-2-9(17)8(6-16)1-3-13/h5,7-9,17H,1-4,6H2/t8-,9+/m0/s1. The molecule has 1 N–H and O–H groups in total. The topological polar surface area (TPSA) is 49.2 Å². The Morgan fingerprint density at radius 3 is 3.06 bits per heavy atom. The van der Waals surface area contributed by atoms with Crippen molar-refractivity contribution in [3.63, 3.8) is 0 Å². The summed E-state index contributed by atoms with van der Waals surface area (Å²) >= 11 is 5.80. The molecule has 0 spiro atoms. The van der Waals surface area contributed by atoms with E-state index in [1.54, 1.807) is 6.07 Å². The van der Waals surface area contributed by atoms with Crippen molar-refractivity contribution < 1.29 is 9.50 Å². The molecule has 0 aromatic carbocycles. The quantitative estimate of drug-likeness (QED) is 0.839. The minimum absolute atomic E-state index is 0.0394. The van der Waals surface area contributed by atoms with Gasteiger partial charge in [0, 0.05) is 25.1 Å². The Hall–Kier alpha value is -0.940. The highest BCUT2D eigenvalue weighted by Gasteiger charge is 2.28. The van der Waals surface area contributed by atoms with E-state index in [0.717, 1.165) is 5.82 Å². The first kappa shape index (κ1) is 12.5. The summed E-state index contributed by atoms with van der Waals surface area (Å²) in [5.41, 5.74) is 0. The fraction of sp³-hybridized carbons (Fsp3) is 0.636. The van der Waals surface area contributed by atoms with Gasteiger partial charge in [-0.05, 0) is 12.8 Å². The van der Waals surface area contributed by atoms with E-state index in [1.165, 1.54) is 6.33 Å². The molecule has 0 unspecified atom stereocenters. The van der Waals surface area contributed by atoms with Gasteiger partial charge in [-0.15, -0.1) is 0 Å². The van der Waals surface area contributed by atoms with Gasteiger partial charge in [-0.3, -0.25) is 4.39 Å². The smallest absolute Gasteiger partial charge is 0.134 e. The summed E-state index contributed by atoms with van der Waals surface area (Å²) in [7, 11) is 0. The maximum atomic E-state index is 12.4. The second-order valence-corrected chi connectivity index (χ2v) is 4.63. The number of aliphatic hydroxyl groups is 1. The van der Waals surface area contributed by atoms with E-state index in [-0.39, 0.29) is 5.92 Å². The number of nitrogens with zero attached hydrogens (tertiary/aromatic N) is 3. The molecule has 94 valence electrons. The lowest BCUT2D eigenvalue weighted by Crippen LogP contribution is -2.43. The lowest BCUT2D eigenvalue weighted by Gasteiger charge is -2.36. The fourth-order valence-corrected chi connectivity index (χ4v) is 2.29. The number of hydrogen-bond acceptors (Lipinski definition) is 4. The van der Waals surface area contributed by atoms with Crippen LogP contribution in [0.2, 0.25) is 5.15 Å². The van der Waals surface area contributed by atoms with Crippen LogP contribution in [-0.4, -0.2) is 40.9 Å². The minimum Gasteiger partial charge on any atom is -0.393 e. The van der Waals surface area contributed by atoms with E-state index in [9.17, 15) is 9.50 Å². The van der Waals surface area contributed by atoms with Crippen LogP contribution >= 0.6 is 11.6 Å². The van der Waals surface area contributed by atoms with Gasteiger partial charge in [0.2, 0.25) is 0 Å². The molecule has 1 saturated heterocycles. The fourth-order valence-electron chi connectivity index (χ4n) is 2.15. The summed E-state index contributed by atoms with van der Waals surface area (Å²) in [4.78, 5) is 9.98. The van der Waals surface area contributed by atoms with Gasteiger partial charge in [0.25, 0.3) is 0 Å². The SMILES string of the molecule is O[C@@H]1CCN(c2cc(Cl)ncn2)C[C@@H]1CCF. The summed E-state index contributed by atoms with van der Waals surface area (Å²) in [6, 6.07) is 1.69. The Balaban J connectivity index is 2.07. The number of anilines is 1. The van der Waals surface area contributed by atoms with Gasteiger partial charge in [-0.1, -0.05) is 11.6 Å². The first-order valence-corrected chi connectivity index (χ1v) is 6.05. The monoisotopic (exact) mass is 259 g/mol. The van der Waals surface area contributed by atoms with Gasteiger partial charge < -0.3 is 10.0 Å². The number of piperidine rings is 1. The van der Waals surface area contributed by atoms with Crippen molar-refractivity contribution in [1.29, 1.82) is 0 Å². The molecule has 0 bridgehead atoms. The summed E-state index contributed by atoms with van der Waals surface area (Å²) in [6.45, 7) is 0.913. The normalized spacial score (nSPS) is 25.0. The molecule has 6 heteroatoms. The van der Waals surface area contributed by atoms with Crippen LogP contribution < -0.4 is 4.90 Å². The molecule has 1 aliphatic heterocycles. The average Bonchev–Trinajstić information content (AvgIpc) is 2.32. The number of halogens is 2. The third-order valence-electron chi connectivity index (χ3n) is 3.12. The van der Waals surface area contributed by atoms with Crippen molar-refractivity contribution in [1.82, 2.24) is 9.97 Å². The van der Waals surface area contributed by atoms with Gasteiger partial charge in [-0.2, -0.15) is 0 Å². The van der Waals surface area contributed by atoms with Crippen molar-refractivity contribution in [2.75, 3.05) is 24.7 Å². The Labute approximate surface area is 104 Å². The highest BCUT2D eigenvalue weighted by Crippen LogP contribution is 2.25. The lowest BCUT2D eigenvalue weighted by molar-refractivity contribution is 0.0792. The highest BCUT2D eigenvalue weighted by atomic mass is 35.5. The van der Waals surface area contributed by atoms with Crippen molar-refractivity contribution in [3.05, 3.63) is 17.5 Å². The number of hydrogen-bond donors (Lipinski definition) is 1. The number of alkyl halides is 1. The van der Waals surface area contributed by atoms with Crippen LogP contribution in [0.15, 0.2) is 12.4 Å². The van der Waals surface area contributed by atoms with Crippen LogP contribution in [0.4, 0.5) is 10.2 Å². The molecule has 2 rings (SSSR count). The van der Waals surface area contributed by atoms with Crippen LogP contribution in [0.3, 0.4) is 0 Å². The summed E-state index contributed by atoms with van der Waals surface area (Å²) < 4.78 is 12.4. The van der Waals surface area contributed by atoms with Crippen LogP contribution in [0, 0.1) is 5.92 Å². The van der Waals surface area contributed by atoms with Gasteiger partial charge >= 0.3 is 0 Å². The van der Waals surface area contributed by atoms with Crippen LogP contribution in [-0.2, 0) is 0 Å². The molecular weight excluding hydrogens is 245 g/mol. The molecule has 4 nitrogen and oxygen atoms in total. The van der Waals surface area contributed by atoms with Gasteiger partial charge in [0.05, 0.1) is 12.8 Å². The first-order chi connectivity index (χ1) is 8.20. The average molecular weight is 260 g/mol. The number of aromatic nitrogens is 2. The molecule has 1 aromatic heterocycles. The molecule has 1 aliphatic rings. The van der Waals surface area contributed by atoms with Crippen LogP contribution in [0.5, 0.6) is 0 Å². The summed E-state index contributed by atoms with van der Waals surface area (Å²) in [6.07, 6.45) is 2.01. The maximum absolute atomic E-state index is 12.4. The van der Waals surface area contributed by atoms with Gasteiger partial charge in [0.15, 0.2) is 0 Å². The van der Waals surface area contributed by atoms with E-state index in [1.807, 2.05) is 4.90 Å². The van der Waals surface area contributed by atoms with Gasteiger partial charge in [-0.25, -0.2) is 9.97 Å². The number of rotatable bonds is 3. The zero-order chi connectivity index (χ0) is 12.3. The van der Waals surface area contributed by atoms with Crippen molar-refractivity contribution >= 4 is 17.4 Å². The van der Waals surface area contributed by atoms with Crippen LogP contribution in [0.1, 0.15) is 12.8 Å². The lowest BCUT2D eigenvalue weighted by atomic mass is 9.92. The second kappa shape index (κ2) is 5.60. The highest BCUT2D eigenvalue weighted by molar-refractivity contribution is 6.29. The molecule has 0 radical (unpaired) electrons.